The van der Waals surface area contributed by atoms with Crippen LogP contribution in [0.2, 0.25) is 0 Å². The molecule has 0 spiro atoms. The Morgan fingerprint density at radius 3 is 2.64 bits per heavy atom. The third kappa shape index (κ3) is 4.80. The fourth-order valence-corrected chi connectivity index (χ4v) is 3.99. The average Bonchev–Trinajstić information content (AvgIpc) is 3.24. The lowest BCUT2D eigenvalue weighted by Gasteiger charge is -2.32. The van der Waals surface area contributed by atoms with E-state index in [0.717, 1.165) is 22.4 Å². The van der Waals surface area contributed by atoms with E-state index in [-0.39, 0.29) is 29.0 Å². The molecule has 2 aromatic carbocycles. The molecular weight excluding hydrogens is 446 g/mol. The number of halogens is 2. The quantitative estimate of drug-likeness (QED) is 0.332. The Morgan fingerprint density at radius 2 is 1.91 bits per heavy atom. The molecule has 7 nitrogen and oxygen atoms in total. The Labute approximate surface area is 195 Å². The van der Waals surface area contributed by atoms with E-state index in [2.05, 4.69) is 26.6 Å². The minimum absolute atomic E-state index is 0.142. The van der Waals surface area contributed by atoms with Crippen molar-refractivity contribution in [3.05, 3.63) is 77.0 Å². The molecule has 0 fully saturated rings. The number of carbonyl (C=O) groups is 1. The number of hydrazine groups is 1. The monoisotopic (exact) mass is 470 g/mol. The number of thiocarbonyl (C=S) groups is 1. The molecule has 2 unspecified atom stereocenters. The van der Waals surface area contributed by atoms with Gasteiger partial charge in [-0.15, -0.1) is 0 Å². The van der Waals surface area contributed by atoms with Gasteiger partial charge in [0.1, 0.15) is 17.4 Å². The highest BCUT2D eigenvalue weighted by molar-refractivity contribution is 7.80. The zero-order chi connectivity index (χ0) is 23.5. The van der Waals surface area contributed by atoms with Crippen LogP contribution in [0.1, 0.15) is 45.6 Å². The highest BCUT2D eigenvalue weighted by atomic mass is 32.1. The van der Waals surface area contributed by atoms with Crippen molar-refractivity contribution < 1.29 is 13.6 Å². The lowest BCUT2D eigenvalue weighted by atomic mass is 9.97. The molecule has 1 amide bonds. The molecule has 33 heavy (non-hydrogen) atoms. The van der Waals surface area contributed by atoms with E-state index in [4.69, 9.17) is 12.2 Å². The molecule has 2 atom stereocenters. The first-order valence-electron chi connectivity index (χ1n) is 10.5. The second kappa shape index (κ2) is 9.53. The zero-order valence-electron chi connectivity index (χ0n) is 18.1. The van der Waals surface area contributed by atoms with Gasteiger partial charge in [-0.2, -0.15) is 5.10 Å². The Morgan fingerprint density at radius 1 is 1.15 bits per heavy atom. The smallest absolute Gasteiger partial charge is 0.275 e. The van der Waals surface area contributed by atoms with E-state index in [9.17, 15) is 13.6 Å². The first-order chi connectivity index (χ1) is 15.8. The summed E-state index contributed by atoms with van der Waals surface area (Å²) in [5.74, 6) is -0.302. The summed E-state index contributed by atoms with van der Waals surface area (Å²) in [5.41, 5.74) is 9.13. The maximum atomic E-state index is 13.8. The normalized spacial score (nSPS) is 17.1. The van der Waals surface area contributed by atoms with Crippen molar-refractivity contribution in [3.8, 4) is 0 Å². The van der Waals surface area contributed by atoms with Gasteiger partial charge in [0.15, 0.2) is 5.11 Å². The molecule has 1 aliphatic rings. The van der Waals surface area contributed by atoms with Gasteiger partial charge in [0.05, 0.1) is 12.2 Å². The minimum Gasteiger partial charge on any atom is -0.363 e. The van der Waals surface area contributed by atoms with Crippen LogP contribution < -0.4 is 21.5 Å². The van der Waals surface area contributed by atoms with Crippen molar-refractivity contribution in [2.24, 2.45) is 0 Å². The number of hydrogen-bond donors (Lipinski definition) is 4. The molecule has 0 radical (unpaired) electrons. The number of aromatic nitrogens is 2. The topological polar surface area (TPSA) is 83.0 Å². The van der Waals surface area contributed by atoms with Crippen LogP contribution in [0.5, 0.6) is 0 Å². The average molecular weight is 471 g/mol. The maximum Gasteiger partial charge on any atom is 0.275 e. The van der Waals surface area contributed by atoms with Crippen molar-refractivity contribution >= 4 is 34.7 Å². The van der Waals surface area contributed by atoms with E-state index in [1.54, 1.807) is 0 Å². The number of anilines is 2. The fourth-order valence-electron chi connectivity index (χ4n) is 3.82. The number of fused-ring (bicyclic) bond motifs is 1. The largest absolute Gasteiger partial charge is 0.363 e. The summed E-state index contributed by atoms with van der Waals surface area (Å²) >= 11 is 5.27. The van der Waals surface area contributed by atoms with Crippen LogP contribution in [0.4, 0.5) is 20.3 Å². The number of benzene rings is 2. The number of rotatable bonds is 4. The van der Waals surface area contributed by atoms with Crippen molar-refractivity contribution in [1.29, 1.82) is 0 Å². The first-order valence-corrected chi connectivity index (χ1v) is 10.9. The van der Waals surface area contributed by atoms with E-state index < -0.39 is 18.4 Å². The van der Waals surface area contributed by atoms with Gasteiger partial charge in [-0.25, -0.2) is 13.5 Å². The van der Waals surface area contributed by atoms with Crippen LogP contribution in [0.3, 0.4) is 0 Å². The first kappa shape index (κ1) is 22.7. The molecular formula is C23H24F2N6OS. The van der Waals surface area contributed by atoms with Crippen molar-refractivity contribution in [2.45, 2.75) is 38.8 Å². The molecule has 4 rings (SSSR count). The molecule has 172 valence electrons. The number of nitrogens with one attached hydrogen (secondary N) is 4. The summed E-state index contributed by atoms with van der Waals surface area (Å²) in [4.78, 5) is 12.8. The van der Waals surface area contributed by atoms with Gasteiger partial charge in [-0.05, 0) is 55.2 Å². The van der Waals surface area contributed by atoms with E-state index in [1.807, 2.05) is 62.4 Å². The minimum atomic E-state index is -2.62. The number of aryl methyl sites for hydroxylation is 1. The second-order valence-corrected chi connectivity index (χ2v) is 8.29. The van der Waals surface area contributed by atoms with E-state index >= 15 is 0 Å². The molecule has 10 heteroatoms. The molecule has 0 aliphatic carbocycles. The van der Waals surface area contributed by atoms with Gasteiger partial charge >= 0.3 is 0 Å². The Bertz CT molecular complexity index is 1170. The van der Waals surface area contributed by atoms with E-state index in [1.165, 1.54) is 10.9 Å². The highest BCUT2D eigenvalue weighted by Gasteiger charge is 2.36. The standard InChI is InChI=1S/C23H24F2N6OS/c1-13-7-6-10-17(14(13)2)28-23(33)30-29-22(32)16-12-26-31-19(20(24)25)11-18(27-21(16)31)15-8-4-3-5-9-15/h3-10,12,18-20,27H,11H2,1-2H3,(H,29,32)(H2,28,30,33). The summed E-state index contributed by atoms with van der Waals surface area (Å²) in [5, 5.41) is 10.5. The summed E-state index contributed by atoms with van der Waals surface area (Å²) in [6, 6.07) is 13.5. The molecule has 2 heterocycles. The van der Waals surface area contributed by atoms with Crippen molar-refractivity contribution in [1.82, 2.24) is 20.6 Å². The number of nitrogens with zero attached hydrogens (tertiary/aromatic N) is 2. The highest BCUT2D eigenvalue weighted by Crippen LogP contribution is 2.39. The summed E-state index contributed by atoms with van der Waals surface area (Å²) in [6.07, 6.45) is -1.19. The predicted molar refractivity (Wildman–Crippen MR) is 127 cm³/mol. The zero-order valence-corrected chi connectivity index (χ0v) is 18.9. The van der Waals surface area contributed by atoms with Crippen molar-refractivity contribution in [3.63, 3.8) is 0 Å². The second-order valence-electron chi connectivity index (χ2n) is 7.88. The molecule has 3 aromatic rings. The Hall–Kier alpha value is -3.53. The Balaban J connectivity index is 1.48. The number of amides is 1. The van der Waals surface area contributed by atoms with Gasteiger partial charge < -0.3 is 10.6 Å². The summed E-state index contributed by atoms with van der Waals surface area (Å²) < 4.78 is 28.8. The van der Waals surface area contributed by atoms with Gasteiger partial charge in [0, 0.05) is 5.69 Å². The third-order valence-electron chi connectivity index (χ3n) is 5.78. The molecule has 1 aliphatic heterocycles. The van der Waals surface area contributed by atoms with Crippen LogP contribution in [-0.4, -0.2) is 27.2 Å². The Kier molecular flexibility index (Phi) is 6.55. The summed E-state index contributed by atoms with van der Waals surface area (Å²) in [6.45, 7) is 3.95. The van der Waals surface area contributed by atoms with E-state index in [0.29, 0.717) is 0 Å². The van der Waals surface area contributed by atoms with Gasteiger partial charge in [0.2, 0.25) is 0 Å². The molecule has 1 aromatic heterocycles. The lowest BCUT2D eigenvalue weighted by Crippen LogP contribution is -2.44. The molecule has 0 bridgehead atoms. The molecule has 4 N–H and O–H groups in total. The van der Waals surface area contributed by atoms with Crippen LogP contribution in [0, 0.1) is 13.8 Å². The predicted octanol–water partition coefficient (Wildman–Crippen LogP) is 4.49. The van der Waals surface area contributed by atoms with Gasteiger partial charge in [-0.1, -0.05) is 42.5 Å². The van der Waals surface area contributed by atoms with Gasteiger partial charge in [-0.3, -0.25) is 15.6 Å². The third-order valence-corrected chi connectivity index (χ3v) is 5.98. The molecule has 0 saturated carbocycles. The molecule has 0 saturated heterocycles. The van der Waals surface area contributed by atoms with Crippen LogP contribution in [0.15, 0.2) is 54.7 Å². The number of carbonyl (C=O) groups excluding carboxylic acids is 1. The van der Waals surface area contributed by atoms with Gasteiger partial charge in [0.25, 0.3) is 12.3 Å². The van der Waals surface area contributed by atoms with Crippen LogP contribution in [0.25, 0.3) is 0 Å². The van der Waals surface area contributed by atoms with Crippen LogP contribution >= 0.6 is 12.2 Å². The maximum absolute atomic E-state index is 13.8. The SMILES string of the molecule is Cc1cccc(NC(=S)NNC(=O)c2cnn3c2NC(c2ccccc2)CC3C(F)F)c1C. The number of alkyl halides is 2. The number of hydrogen-bond acceptors (Lipinski definition) is 4. The fraction of sp³-hybridized carbons (Fsp3) is 0.261. The van der Waals surface area contributed by atoms with Crippen molar-refractivity contribution in [2.75, 3.05) is 10.6 Å². The summed E-state index contributed by atoms with van der Waals surface area (Å²) in [7, 11) is 0. The lowest BCUT2D eigenvalue weighted by molar-refractivity contribution is 0.0656. The van der Waals surface area contributed by atoms with Crippen LogP contribution in [-0.2, 0) is 0 Å².